The van der Waals surface area contributed by atoms with Gasteiger partial charge in [-0.25, -0.2) is 4.98 Å². The van der Waals surface area contributed by atoms with Gasteiger partial charge in [0.05, 0.1) is 17.4 Å². The zero-order valence-electron chi connectivity index (χ0n) is 11.9. The van der Waals surface area contributed by atoms with E-state index in [9.17, 15) is 0 Å². The molecule has 1 saturated heterocycles. The minimum atomic E-state index is 0.474. The maximum Gasteiger partial charge on any atom is 0.0955 e. The van der Waals surface area contributed by atoms with Gasteiger partial charge in [0.2, 0.25) is 0 Å². The van der Waals surface area contributed by atoms with E-state index in [0.717, 1.165) is 18.6 Å². The molecule has 0 bridgehead atoms. The van der Waals surface area contributed by atoms with Crippen molar-refractivity contribution < 1.29 is 0 Å². The van der Waals surface area contributed by atoms with E-state index in [0.29, 0.717) is 12.0 Å². The van der Waals surface area contributed by atoms with Crippen molar-refractivity contribution in [1.82, 2.24) is 19.8 Å². The smallest absolute Gasteiger partial charge is 0.0955 e. The van der Waals surface area contributed by atoms with Crippen LogP contribution in [0.25, 0.3) is 11.0 Å². The molecule has 0 aliphatic carbocycles. The number of imidazole rings is 1. The first-order chi connectivity index (χ1) is 9.16. The van der Waals surface area contributed by atoms with Crippen molar-refractivity contribution in [1.29, 1.82) is 0 Å². The van der Waals surface area contributed by atoms with Gasteiger partial charge in [-0.15, -0.1) is 0 Å². The lowest BCUT2D eigenvalue weighted by Crippen LogP contribution is -2.28. The predicted molar refractivity (Wildman–Crippen MR) is 78.1 cm³/mol. The van der Waals surface area contributed by atoms with Crippen molar-refractivity contribution in [3.63, 3.8) is 0 Å². The Morgan fingerprint density at radius 2 is 2.26 bits per heavy atom. The van der Waals surface area contributed by atoms with Crippen molar-refractivity contribution in [2.75, 3.05) is 27.2 Å². The number of fused-ring (bicyclic) bond motifs is 1. The summed E-state index contributed by atoms with van der Waals surface area (Å²) in [5.74, 6) is 0.691. The second-order valence-corrected chi connectivity index (χ2v) is 5.76. The number of benzene rings is 1. The summed E-state index contributed by atoms with van der Waals surface area (Å²) in [6.45, 7) is 2.25. The molecule has 19 heavy (non-hydrogen) atoms. The van der Waals surface area contributed by atoms with Gasteiger partial charge in [-0.3, -0.25) is 0 Å². The van der Waals surface area contributed by atoms with Gasteiger partial charge in [-0.2, -0.15) is 0 Å². The highest BCUT2D eigenvalue weighted by atomic mass is 15.1. The third-order valence-corrected chi connectivity index (χ3v) is 4.19. The Kier molecular flexibility index (Phi) is 3.29. The summed E-state index contributed by atoms with van der Waals surface area (Å²) in [6, 6.07) is 7.17. The number of nitrogens with one attached hydrogen (secondary N) is 1. The Balaban J connectivity index is 1.99. The molecule has 1 N–H and O–H groups in total. The molecule has 1 aromatic carbocycles. The van der Waals surface area contributed by atoms with E-state index >= 15 is 0 Å². The van der Waals surface area contributed by atoms with Crippen LogP contribution in [0.1, 0.15) is 18.0 Å². The molecule has 1 aliphatic rings. The molecule has 0 radical (unpaired) electrons. The number of rotatable bonds is 3. The van der Waals surface area contributed by atoms with Gasteiger partial charge in [-0.05, 0) is 57.2 Å². The van der Waals surface area contributed by atoms with Crippen molar-refractivity contribution in [2.24, 2.45) is 13.0 Å². The number of aromatic nitrogens is 2. The SMILES string of the molecule is CN(C)C(c1ccc2c(c1)ncn2C)C1CCNC1. The van der Waals surface area contributed by atoms with E-state index in [-0.39, 0.29) is 0 Å². The van der Waals surface area contributed by atoms with Crippen LogP contribution in [0.15, 0.2) is 24.5 Å². The van der Waals surface area contributed by atoms with Crippen LogP contribution < -0.4 is 5.32 Å². The summed E-state index contributed by atoms with van der Waals surface area (Å²) >= 11 is 0. The average Bonchev–Trinajstić information content (AvgIpc) is 3.00. The largest absolute Gasteiger partial charge is 0.334 e. The molecular formula is C15H22N4. The van der Waals surface area contributed by atoms with E-state index < -0.39 is 0 Å². The lowest BCUT2D eigenvalue weighted by Gasteiger charge is -2.30. The molecule has 2 aromatic rings. The van der Waals surface area contributed by atoms with Gasteiger partial charge >= 0.3 is 0 Å². The quantitative estimate of drug-likeness (QED) is 0.911. The molecule has 0 saturated carbocycles. The van der Waals surface area contributed by atoms with E-state index in [1.807, 2.05) is 13.4 Å². The number of hydrogen-bond donors (Lipinski definition) is 1. The standard InChI is InChI=1S/C15H22N4/c1-18(2)15(12-6-7-16-9-12)11-4-5-14-13(8-11)17-10-19(14)3/h4-5,8,10,12,15-16H,6-7,9H2,1-3H3. The minimum absolute atomic E-state index is 0.474. The monoisotopic (exact) mass is 258 g/mol. The molecule has 1 aliphatic heterocycles. The lowest BCUT2D eigenvalue weighted by molar-refractivity contribution is 0.223. The Bertz CT molecular complexity index is 567. The Morgan fingerprint density at radius 1 is 1.42 bits per heavy atom. The van der Waals surface area contributed by atoms with Gasteiger partial charge in [-0.1, -0.05) is 6.07 Å². The van der Waals surface area contributed by atoms with Gasteiger partial charge < -0.3 is 14.8 Å². The van der Waals surface area contributed by atoms with Gasteiger partial charge in [0.25, 0.3) is 0 Å². The summed E-state index contributed by atoms with van der Waals surface area (Å²) in [5, 5.41) is 3.47. The number of hydrogen-bond acceptors (Lipinski definition) is 3. The minimum Gasteiger partial charge on any atom is -0.334 e. The predicted octanol–water partition coefficient (Wildman–Crippen LogP) is 1.79. The van der Waals surface area contributed by atoms with Crippen LogP contribution in [0.4, 0.5) is 0 Å². The fraction of sp³-hybridized carbons (Fsp3) is 0.533. The summed E-state index contributed by atoms with van der Waals surface area (Å²) < 4.78 is 2.07. The molecule has 4 heteroatoms. The third-order valence-electron chi connectivity index (χ3n) is 4.19. The molecule has 102 valence electrons. The zero-order valence-corrected chi connectivity index (χ0v) is 11.9. The zero-order chi connectivity index (χ0) is 13.4. The maximum absolute atomic E-state index is 4.48. The molecule has 2 atom stereocenters. The molecule has 3 rings (SSSR count). The molecule has 0 amide bonds. The Labute approximate surface area is 114 Å². The Morgan fingerprint density at radius 3 is 2.95 bits per heavy atom. The highest BCUT2D eigenvalue weighted by Gasteiger charge is 2.28. The topological polar surface area (TPSA) is 33.1 Å². The van der Waals surface area contributed by atoms with Crippen LogP contribution in [0.2, 0.25) is 0 Å². The van der Waals surface area contributed by atoms with Crippen LogP contribution in [0.3, 0.4) is 0 Å². The van der Waals surface area contributed by atoms with Crippen LogP contribution in [0.5, 0.6) is 0 Å². The molecule has 4 nitrogen and oxygen atoms in total. The summed E-state index contributed by atoms with van der Waals surface area (Å²) in [4.78, 5) is 6.81. The van der Waals surface area contributed by atoms with E-state index in [1.165, 1.54) is 17.5 Å². The summed E-state index contributed by atoms with van der Waals surface area (Å²) in [5.41, 5.74) is 3.67. The second kappa shape index (κ2) is 4.94. The van der Waals surface area contributed by atoms with Crippen molar-refractivity contribution in [3.8, 4) is 0 Å². The highest BCUT2D eigenvalue weighted by Crippen LogP contribution is 2.32. The third kappa shape index (κ3) is 2.26. The van der Waals surface area contributed by atoms with E-state index in [1.54, 1.807) is 0 Å². The van der Waals surface area contributed by atoms with Gasteiger partial charge in [0, 0.05) is 13.1 Å². The Hall–Kier alpha value is -1.39. The molecule has 1 fully saturated rings. The van der Waals surface area contributed by atoms with Crippen molar-refractivity contribution in [2.45, 2.75) is 12.5 Å². The highest BCUT2D eigenvalue weighted by molar-refractivity contribution is 5.76. The molecule has 0 spiro atoms. The molecule has 2 unspecified atom stereocenters. The number of nitrogens with zero attached hydrogens (tertiary/aromatic N) is 3. The van der Waals surface area contributed by atoms with Gasteiger partial charge in [0.15, 0.2) is 0 Å². The average molecular weight is 258 g/mol. The first-order valence-corrected chi connectivity index (χ1v) is 6.95. The van der Waals surface area contributed by atoms with Crippen molar-refractivity contribution >= 4 is 11.0 Å². The fourth-order valence-electron chi connectivity index (χ4n) is 3.28. The molecule has 1 aromatic heterocycles. The first-order valence-electron chi connectivity index (χ1n) is 6.95. The molecular weight excluding hydrogens is 236 g/mol. The maximum atomic E-state index is 4.48. The van der Waals surface area contributed by atoms with Crippen molar-refractivity contribution in [3.05, 3.63) is 30.1 Å². The summed E-state index contributed by atoms with van der Waals surface area (Å²) in [7, 11) is 6.39. The van der Waals surface area contributed by atoms with Crippen LogP contribution in [0, 0.1) is 5.92 Å². The van der Waals surface area contributed by atoms with E-state index in [4.69, 9.17) is 0 Å². The lowest BCUT2D eigenvalue weighted by atomic mass is 9.91. The van der Waals surface area contributed by atoms with E-state index in [2.05, 4.69) is 52.1 Å². The fourth-order valence-corrected chi connectivity index (χ4v) is 3.28. The van der Waals surface area contributed by atoms with Gasteiger partial charge in [0.1, 0.15) is 0 Å². The van der Waals surface area contributed by atoms with Crippen LogP contribution in [-0.4, -0.2) is 41.6 Å². The normalized spacial score (nSPS) is 21.4. The molecule has 2 heterocycles. The van der Waals surface area contributed by atoms with Crippen LogP contribution in [-0.2, 0) is 7.05 Å². The number of aryl methyl sites for hydroxylation is 1. The van der Waals surface area contributed by atoms with Crippen LogP contribution >= 0.6 is 0 Å². The first kappa shape index (κ1) is 12.6. The second-order valence-electron chi connectivity index (χ2n) is 5.76. The summed E-state index contributed by atoms with van der Waals surface area (Å²) in [6.07, 6.45) is 3.14.